The Kier molecular flexibility index (Phi) is 5.33. The van der Waals surface area contributed by atoms with Crippen LogP contribution in [0.25, 0.3) is 0 Å². The maximum atomic E-state index is 13.0. The van der Waals surface area contributed by atoms with Gasteiger partial charge in [-0.05, 0) is 61.7 Å². The van der Waals surface area contributed by atoms with Crippen LogP contribution in [-0.4, -0.2) is 18.8 Å². The zero-order valence-electron chi connectivity index (χ0n) is 10.1. The van der Waals surface area contributed by atoms with Crippen molar-refractivity contribution in [2.24, 2.45) is 5.92 Å². The molecule has 1 heterocycles. The van der Waals surface area contributed by atoms with Crippen LogP contribution in [0.2, 0.25) is 0 Å². The molecule has 1 aliphatic rings. The van der Waals surface area contributed by atoms with Gasteiger partial charge in [-0.1, -0.05) is 12.1 Å². The van der Waals surface area contributed by atoms with Crippen molar-refractivity contribution in [3.05, 3.63) is 35.6 Å². The Hall–Kier alpha value is -0.540. The van der Waals surface area contributed by atoms with Crippen LogP contribution in [-0.2, 0) is 5.75 Å². The second kappa shape index (κ2) is 7.02. The molecule has 1 nitrogen and oxygen atoms in total. The van der Waals surface area contributed by atoms with Gasteiger partial charge < -0.3 is 5.32 Å². The van der Waals surface area contributed by atoms with E-state index >= 15 is 0 Å². The first kappa shape index (κ1) is 12.9. The van der Waals surface area contributed by atoms with Gasteiger partial charge in [-0.2, -0.15) is 11.8 Å². The first-order valence-corrected chi connectivity index (χ1v) is 7.53. The third kappa shape index (κ3) is 4.68. The number of hydrogen-bond acceptors (Lipinski definition) is 2. The maximum absolute atomic E-state index is 13.0. The van der Waals surface area contributed by atoms with Crippen LogP contribution in [0.5, 0.6) is 0 Å². The van der Waals surface area contributed by atoms with Gasteiger partial charge in [-0.15, -0.1) is 0 Å². The van der Waals surface area contributed by atoms with Crippen molar-refractivity contribution in [2.45, 2.75) is 25.0 Å². The smallest absolute Gasteiger partial charge is 0.123 e. The summed E-state index contributed by atoms with van der Waals surface area (Å²) in [5.41, 5.74) is 1.10. The van der Waals surface area contributed by atoms with Crippen LogP contribution in [0.15, 0.2) is 24.3 Å². The lowest BCUT2D eigenvalue weighted by Crippen LogP contribution is -2.14. The number of nitrogens with one attached hydrogen (secondary N) is 1. The SMILES string of the molecule is Fc1cccc(CSCC2CCCNCC2)c1. The third-order valence-electron chi connectivity index (χ3n) is 3.21. The average Bonchev–Trinajstić information content (AvgIpc) is 2.58. The van der Waals surface area contributed by atoms with E-state index < -0.39 is 0 Å². The molecule has 1 saturated heterocycles. The Bertz CT molecular complexity index is 335. The van der Waals surface area contributed by atoms with Crippen LogP contribution in [0.1, 0.15) is 24.8 Å². The predicted octanol–water partition coefficient (Wildman–Crippen LogP) is 3.45. The first-order valence-electron chi connectivity index (χ1n) is 6.37. The number of halogens is 1. The molecule has 1 aliphatic heterocycles. The average molecular weight is 253 g/mol. The normalized spacial score (nSPS) is 21.1. The molecular formula is C14H20FNS. The van der Waals surface area contributed by atoms with Crippen LogP contribution < -0.4 is 5.32 Å². The summed E-state index contributed by atoms with van der Waals surface area (Å²) in [6, 6.07) is 6.94. The highest BCUT2D eigenvalue weighted by atomic mass is 32.2. The number of benzene rings is 1. The first-order chi connectivity index (χ1) is 8.34. The van der Waals surface area contributed by atoms with E-state index in [9.17, 15) is 4.39 Å². The van der Waals surface area contributed by atoms with Crippen molar-refractivity contribution < 1.29 is 4.39 Å². The lowest BCUT2D eigenvalue weighted by atomic mass is 10.0. The predicted molar refractivity (Wildman–Crippen MR) is 72.8 cm³/mol. The van der Waals surface area contributed by atoms with Crippen LogP contribution in [0.3, 0.4) is 0 Å². The zero-order valence-corrected chi connectivity index (χ0v) is 10.9. The van der Waals surface area contributed by atoms with Gasteiger partial charge in [0.1, 0.15) is 5.82 Å². The summed E-state index contributed by atoms with van der Waals surface area (Å²) in [4.78, 5) is 0. The van der Waals surface area contributed by atoms with Gasteiger partial charge in [-0.25, -0.2) is 4.39 Å². The minimum atomic E-state index is -0.123. The zero-order chi connectivity index (χ0) is 11.9. The van der Waals surface area contributed by atoms with Crippen molar-refractivity contribution in [1.82, 2.24) is 5.32 Å². The fraction of sp³-hybridized carbons (Fsp3) is 0.571. The summed E-state index contributed by atoms with van der Waals surface area (Å²) in [6.07, 6.45) is 3.92. The molecule has 1 unspecified atom stereocenters. The molecule has 0 aromatic heterocycles. The second-order valence-electron chi connectivity index (χ2n) is 4.69. The van der Waals surface area contributed by atoms with Gasteiger partial charge in [0.2, 0.25) is 0 Å². The van der Waals surface area contributed by atoms with Crippen molar-refractivity contribution >= 4 is 11.8 Å². The third-order valence-corrected chi connectivity index (χ3v) is 4.45. The van der Waals surface area contributed by atoms with Crippen molar-refractivity contribution in [3.8, 4) is 0 Å². The lowest BCUT2D eigenvalue weighted by Gasteiger charge is -2.12. The summed E-state index contributed by atoms with van der Waals surface area (Å²) in [5, 5.41) is 3.43. The highest BCUT2D eigenvalue weighted by molar-refractivity contribution is 7.98. The summed E-state index contributed by atoms with van der Waals surface area (Å²) in [6.45, 7) is 2.33. The van der Waals surface area contributed by atoms with E-state index in [4.69, 9.17) is 0 Å². The molecule has 94 valence electrons. The minimum absolute atomic E-state index is 0.123. The number of hydrogen-bond donors (Lipinski definition) is 1. The van der Waals surface area contributed by atoms with Crippen molar-refractivity contribution in [2.75, 3.05) is 18.8 Å². The Morgan fingerprint density at radius 1 is 1.29 bits per heavy atom. The van der Waals surface area contributed by atoms with E-state index in [2.05, 4.69) is 5.32 Å². The van der Waals surface area contributed by atoms with E-state index in [1.54, 1.807) is 12.1 Å². The Morgan fingerprint density at radius 3 is 3.12 bits per heavy atom. The van der Waals surface area contributed by atoms with E-state index in [0.29, 0.717) is 0 Å². The molecule has 0 spiro atoms. The summed E-state index contributed by atoms with van der Waals surface area (Å²) in [5.74, 6) is 2.85. The highest BCUT2D eigenvalue weighted by Gasteiger charge is 2.11. The van der Waals surface area contributed by atoms with Gasteiger partial charge >= 0.3 is 0 Å². The molecule has 0 aliphatic carbocycles. The Balaban J connectivity index is 1.71. The van der Waals surface area contributed by atoms with Gasteiger partial charge in [0, 0.05) is 5.75 Å². The van der Waals surface area contributed by atoms with E-state index in [1.807, 2.05) is 17.8 Å². The van der Waals surface area contributed by atoms with Gasteiger partial charge in [-0.3, -0.25) is 0 Å². The topological polar surface area (TPSA) is 12.0 Å². The standard InChI is InChI=1S/C14H20FNS/c15-14-5-1-3-13(9-14)11-17-10-12-4-2-7-16-8-6-12/h1,3,5,9,12,16H,2,4,6-8,10-11H2. The van der Waals surface area contributed by atoms with Crippen LogP contribution >= 0.6 is 11.8 Å². The fourth-order valence-electron chi connectivity index (χ4n) is 2.23. The monoisotopic (exact) mass is 253 g/mol. The molecule has 1 aromatic rings. The summed E-state index contributed by atoms with van der Waals surface area (Å²) in [7, 11) is 0. The molecule has 0 amide bonds. The van der Waals surface area contributed by atoms with Gasteiger partial charge in [0.25, 0.3) is 0 Å². The largest absolute Gasteiger partial charge is 0.317 e. The molecule has 1 atom stereocenters. The minimum Gasteiger partial charge on any atom is -0.317 e. The molecule has 1 aromatic carbocycles. The van der Waals surface area contributed by atoms with Gasteiger partial charge in [0.15, 0.2) is 0 Å². The lowest BCUT2D eigenvalue weighted by molar-refractivity contribution is 0.528. The maximum Gasteiger partial charge on any atom is 0.123 e. The highest BCUT2D eigenvalue weighted by Crippen LogP contribution is 2.22. The van der Waals surface area contributed by atoms with Crippen molar-refractivity contribution in [3.63, 3.8) is 0 Å². The fourth-order valence-corrected chi connectivity index (χ4v) is 3.43. The van der Waals surface area contributed by atoms with E-state index in [-0.39, 0.29) is 5.82 Å². The number of thioether (sulfide) groups is 1. The van der Waals surface area contributed by atoms with Gasteiger partial charge in [0.05, 0.1) is 0 Å². The van der Waals surface area contributed by atoms with Crippen molar-refractivity contribution in [1.29, 1.82) is 0 Å². The second-order valence-corrected chi connectivity index (χ2v) is 5.72. The Morgan fingerprint density at radius 2 is 2.24 bits per heavy atom. The summed E-state index contributed by atoms with van der Waals surface area (Å²) < 4.78 is 13.0. The molecule has 2 rings (SSSR count). The quantitative estimate of drug-likeness (QED) is 0.882. The van der Waals surface area contributed by atoms with Crippen LogP contribution in [0.4, 0.5) is 4.39 Å². The molecule has 0 radical (unpaired) electrons. The Labute approximate surface area is 107 Å². The molecule has 17 heavy (non-hydrogen) atoms. The molecule has 1 N–H and O–H groups in total. The molecule has 1 fully saturated rings. The summed E-state index contributed by atoms with van der Waals surface area (Å²) >= 11 is 1.94. The van der Waals surface area contributed by atoms with E-state index in [1.165, 1.54) is 37.6 Å². The van der Waals surface area contributed by atoms with E-state index in [0.717, 1.165) is 23.8 Å². The molecular weight excluding hydrogens is 233 g/mol. The molecule has 3 heteroatoms. The number of rotatable bonds is 4. The molecule has 0 bridgehead atoms. The van der Waals surface area contributed by atoms with Crippen LogP contribution in [0, 0.1) is 11.7 Å². The molecule has 0 saturated carbocycles.